The molecule has 0 saturated carbocycles. The van der Waals surface area contributed by atoms with E-state index in [0.29, 0.717) is 19.0 Å². The van der Waals surface area contributed by atoms with Gasteiger partial charge in [-0.25, -0.2) is 4.99 Å². The lowest BCUT2D eigenvalue weighted by molar-refractivity contribution is -0.130. The number of rotatable bonds is 5. The summed E-state index contributed by atoms with van der Waals surface area (Å²) in [5.41, 5.74) is 5.81. The topological polar surface area (TPSA) is 74.5 Å². The standard InChI is InChI=1S/C21H30N6O.HI/c1-5-22-21(23-12-19-15(2)25-26(4)16(19)3)24-13-20(28)27-11-10-17-8-6-7-9-18(17)14-27;/h6-9H,5,10-14H2,1-4H3,(H2,22,23,24);1H. The van der Waals surface area contributed by atoms with Gasteiger partial charge in [-0.2, -0.15) is 5.10 Å². The second-order valence-electron chi connectivity index (χ2n) is 7.16. The molecule has 7 nitrogen and oxygen atoms in total. The number of aromatic nitrogens is 2. The van der Waals surface area contributed by atoms with E-state index in [0.717, 1.165) is 36.5 Å². The summed E-state index contributed by atoms with van der Waals surface area (Å²) in [5, 5.41) is 10.8. The molecule has 2 aromatic rings. The molecular weight excluding hydrogens is 479 g/mol. The Balaban J connectivity index is 0.00000300. The molecule has 1 aromatic carbocycles. The number of nitrogens with zero attached hydrogens (tertiary/aromatic N) is 4. The van der Waals surface area contributed by atoms with Crippen LogP contribution in [0.25, 0.3) is 0 Å². The van der Waals surface area contributed by atoms with Crippen LogP contribution in [-0.4, -0.2) is 46.2 Å². The zero-order chi connectivity index (χ0) is 20.1. The summed E-state index contributed by atoms with van der Waals surface area (Å²) >= 11 is 0. The van der Waals surface area contributed by atoms with Gasteiger partial charge in [0.15, 0.2) is 5.96 Å². The molecule has 1 aliphatic heterocycles. The number of halogens is 1. The van der Waals surface area contributed by atoms with Gasteiger partial charge in [0.25, 0.3) is 0 Å². The summed E-state index contributed by atoms with van der Waals surface area (Å²) in [4.78, 5) is 19.2. The first-order valence-corrected chi connectivity index (χ1v) is 9.85. The molecule has 0 unspecified atom stereocenters. The molecule has 0 bridgehead atoms. The fourth-order valence-electron chi connectivity index (χ4n) is 3.53. The van der Waals surface area contributed by atoms with Crippen molar-refractivity contribution in [3.63, 3.8) is 0 Å². The van der Waals surface area contributed by atoms with Gasteiger partial charge in [-0.1, -0.05) is 24.3 Å². The number of nitrogens with one attached hydrogen (secondary N) is 2. The minimum Gasteiger partial charge on any atom is -0.357 e. The van der Waals surface area contributed by atoms with Gasteiger partial charge in [0.2, 0.25) is 5.91 Å². The molecule has 0 fully saturated rings. The van der Waals surface area contributed by atoms with Crippen LogP contribution in [0, 0.1) is 13.8 Å². The number of hydrogen-bond acceptors (Lipinski definition) is 3. The summed E-state index contributed by atoms with van der Waals surface area (Å²) in [5.74, 6) is 0.741. The van der Waals surface area contributed by atoms with E-state index in [1.165, 1.54) is 11.1 Å². The summed E-state index contributed by atoms with van der Waals surface area (Å²) in [7, 11) is 1.94. The van der Waals surface area contributed by atoms with Crippen molar-refractivity contribution in [2.24, 2.45) is 12.0 Å². The number of hydrogen-bond donors (Lipinski definition) is 2. The maximum absolute atomic E-state index is 12.7. The number of guanidine groups is 1. The number of aryl methyl sites for hydroxylation is 2. The zero-order valence-electron chi connectivity index (χ0n) is 17.7. The Hall–Kier alpha value is -2.10. The second kappa shape index (κ2) is 10.6. The average Bonchev–Trinajstić information content (AvgIpc) is 2.94. The quantitative estimate of drug-likeness (QED) is 0.368. The third kappa shape index (κ3) is 5.71. The molecule has 1 aromatic heterocycles. The van der Waals surface area contributed by atoms with Gasteiger partial charge in [0.1, 0.15) is 0 Å². The highest BCUT2D eigenvalue weighted by Gasteiger charge is 2.20. The van der Waals surface area contributed by atoms with Crippen molar-refractivity contribution in [2.75, 3.05) is 19.6 Å². The van der Waals surface area contributed by atoms with Gasteiger partial charge in [0.05, 0.1) is 18.8 Å². The van der Waals surface area contributed by atoms with Crippen LogP contribution in [-0.2, 0) is 31.4 Å². The number of amides is 1. The Morgan fingerprint density at radius 1 is 1.21 bits per heavy atom. The van der Waals surface area contributed by atoms with Crippen molar-refractivity contribution in [2.45, 2.75) is 40.3 Å². The fraction of sp³-hybridized carbons (Fsp3) is 0.476. The van der Waals surface area contributed by atoms with Crippen molar-refractivity contribution < 1.29 is 4.79 Å². The Morgan fingerprint density at radius 3 is 2.59 bits per heavy atom. The zero-order valence-corrected chi connectivity index (χ0v) is 20.0. The average molecular weight is 510 g/mol. The number of benzene rings is 1. The second-order valence-corrected chi connectivity index (χ2v) is 7.16. The fourth-order valence-corrected chi connectivity index (χ4v) is 3.53. The van der Waals surface area contributed by atoms with E-state index in [1.54, 1.807) is 0 Å². The molecule has 2 N–H and O–H groups in total. The molecule has 1 amide bonds. The molecule has 0 saturated heterocycles. The van der Waals surface area contributed by atoms with Gasteiger partial charge in [-0.3, -0.25) is 9.48 Å². The molecule has 0 aliphatic carbocycles. The van der Waals surface area contributed by atoms with Gasteiger partial charge < -0.3 is 15.5 Å². The van der Waals surface area contributed by atoms with Gasteiger partial charge in [0, 0.05) is 37.9 Å². The van der Waals surface area contributed by atoms with E-state index in [1.807, 2.05) is 43.5 Å². The molecule has 29 heavy (non-hydrogen) atoms. The van der Waals surface area contributed by atoms with E-state index in [2.05, 4.69) is 38.9 Å². The van der Waals surface area contributed by atoms with Gasteiger partial charge in [-0.15, -0.1) is 24.0 Å². The van der Waals surface area contributed by atoms with E-state index < -0.39 is 0 Å². The predicted molar refractivity (Wildman–Crippen MR) is 126 cm³/mol. The van der Waals surface area contributed by atoms with E-state index in [9.17, 15) is 4.79 Å². The minimum absolute atomic E-state index is 0. The van der Waals surface area contributed by atoms with Crippen LogP contribution in [0.4, 0.5) is 0 Å². The largest absolute Gasteiger partial charge is 0.357 e. The summed E-state index contributed by atoms with van der Waals surface area (Å²) in [6.45, 7) is 9.00. The normalized spacial score (nSPS) is 13.5. The number of carbonyl (C=O) groups is 1. The highest BCUT2D eigenvalue weighted by Crippen LogP contribution is 2.18. The first-order valence-electron chi connectivity index (χ1n) is 9.85. The monoisotopic (exact) mass is 510 g/mol. The maximum Gasteiger partial charge on any atom is 0.242 e. The third-order valence-electron chi connectivity index (χ3n) is 5.29. The molecule has 0 atom stereocenters. The number of carbonyl (C=O) groups excluding carboxylic acids is 1. The Kier molecular flexibility index (Phi) is 8.48. The van der Waals surface area contributed by atoms with Crippen LogP contribution in [0.1, 0.15) is 35.0 Å². The highest BCUT2D eigenvalue weighted by atomic mass is 127. The van der Waals surface area contributed by atoms with Gasteiger partial charge in [-0.05, 0) is 38.3 Å². The van der Waals surface area contributed by atoms with Crippen molar-refractivity contribution in [1.82, 2.24) is 25.3 Å². The van der Waals surface area contributed by atoms with Crippen LogP contribution in [0.5, 0.6) is 0 Å². The molecule has 158 valence electrons. The van der Waals surface area contributed by atoms with E-state index in [-0.39, 0.29) is 36.4 Å². The first kappa shape index (κ1) is 23.2. The molecule has 0 spiro atoms. The third-order valence-corrected chi connectivity index (χ3v) is 5.29. The summed E-state index contributed by atoms with van der Waals surface area (Å²) in [6.07, 6.45) is 0.912. The first-order chi connectivity index (χ1) is 13.5. The molecule has 0 radical (unpaired) electrons. The van der Waals surface area contributed by atoms with Crippen LogP contribution < -0.4 is 10.6 Å². The van der Waals surface area contributed by atoms with Crippen molar-refractivity contribution in [3.05, 3.63) is 52.3 Å². The smallest absolute Gasteiger partial charge is 0.242 e. The Bertz CT molecular complexity index is 876. The van der Waals surface area contributed by atoms with Crippen LogP contribution in [0.15, 0.2) is 29.3 Å². The minimum atomic E-state index is 0. The van der Waals surface area contributed by atoms with Crippen molar-refractivity contribution in [1.29, 1.82) is 0 Å². The van der Waals surface area contributed by atoms with Gasteiger partial charge >= 0.3 is 0 Å². The predicted octanol–water partition coefficient (Wildman–Crippen LogP) is 2.29. The van der Waals surface area contributed by atoms with Crippen LogP contribution in [0.3, 0.4) is 0 Å². The van der Waals surface area contributed by atoms with Crippen LogP contribution in [0.2, 0.25) is 0 Å². The Labute approximate surface area is 190 Å². The molecular formula is C21H31IN6O. The van der Waals surface area contributed by atoms with E-state index in [4.69, 9.17) is 0 Å². The van der Waals surface area contributed by atoms with Crippen molar-refractivity contribution >= 4 is 35.8 Å². The molecule has 1 aliphatic rings. The lowest BCUT2D eigenvalue weighted by atomic mass is 10.00. The summed E-state index contributed by atoms with van der Waals surface area (Å²) in [6, 6.07) is 8.34. The lowest BCUT2D eigenvalue weighted by Crippen LogP contribution is -2.46. The van der Waals surface area contributed by atoms with Crippen molar-refractivity contribution in [3.8, 4) is 0 Å². The number of fused-ring (bicyclic) bond motifs is 1. The Morgan fingerprint density at radius 2 is 1.93 bits per heavy atom. The SMILES string of the molecule is CCNC(=NCc1c(C)nn(C)c1C)NCC(=O)N1CCc2ccccc2C1.I. The highest BCUT2D eigenvalue weighted by molar-refractivity contribution is 14.0. The number of aliphatic imine (C=N–C) groups is 1. The molecule has 3 rings (SSSR count). The molecule has 8 heteroatoms. The maximum atomic E-state index is 12.7. The summed E-state index contributed by atoms with van der Waals surface area (Å²) < 4.78 is 1.87. The van der Waals surface area contributed by atoms with Crippen LogP contribution >= 0.6 is 24.0 Å². The van der Waals surface area contributed by atoms with E-state index >= 15 is 0 Å². The lowest BCUT2D eigenvalue weighted by Gasteiger charge is -2.29. The molecule has 2 heterocycles.